The normalized spacial score (nSPS) is 11.3. The topological polar surface area (TPSA) is 21.6 Å². The molecule has 0 aliphatic rings. The minimum atomic E-state index is 0.834. The fourth-order valence-electron chi connectivity index (χ4n) is 2.39. The summed E-state index contributed by atoms with van der Waals surface area (Å²) in [7, 11) is 1.67. The molecule has 0 saturated carbocycles. The van der Waals surface area contributed by atoms with Crippen LogP contribution >= 0.6 is 0 Å². The highest BCUT2D eigenvalue weighted by molar-refractivity contribution is 6.13. The van der Waals surface area contributed by atoms with E-state index in [9.17, 15) is 0 Å². The fraction of sp³-hybridized carbons (Fsp3) is 0.0952. The molecule has 3 rings (SSSR count). The summed E-state index contributed by atoms with van der Waals surface area (Å²) in [5.41, 5.74) is 5.33. The van der Waals surface area contributed by atoms with Gasteiger partial charge in [0, 0.05) is 11.1 Å². The molecule has 0 spiro atoms. The number of nitrogens with zero attached hydrogens (tertiary/aromatic N) is 1. The van der Waals surface area contributed by atoms with Gasteiger partial charge >= 0.3 is 0 Å². The van der Waals surface area contributed by atoms with Crippen molar-refractivity contribution in [3.8, 4) is 5.75 Å². The Morgan fingerprint density at radius 3 is 1.96 bits per heavy atom. The van der Waals surface area contributed by atoms with Crippen LogP contribution in [0.25, 0.3) is 0 Å². The quantitative estimate of drug-likeness (QED) is 0.609. The molecule has 114 valence electrons. The van der Waals surface area contributed by atoms with Crippen LogP contribution in [0.15, 0.2) is 83.9 Å². The molecule has 0 unspecified atom stereocenters. The van der Waals surface area contributed by atoms with Gasteiger partial charge < -0.3 is 4.74 Å². The lowest BCUT2D eigenvalue weighted by Crippen LogP contribution is -2.02. The zero-order chi connectivity index (χ0) is 16.1. The number of methoxy groups -OCH3 is 1. The highest BCUT2D eigenvalue weighted by atomic mass is 16.5. The molecular formula is C21H19NO. The van der Waals surface area contributed by atoms with Gasteiger partial charge in [-0.15, -0.1) is 0 Å². The third-order valence-electron chi connectivity index (χ3n) is 3.69. The van der Waals surface area contributed by atoms with Gasteiger partial charge in [-0.05, 0) is 31.2 Å². The van der Waals surface area contributed by atoms with Crippen molar-refractivity contribution in [1.29, 1.82) is 0 Å². The molecule has 0 atom stereocenters. The van der Waals surface area contributed by atoms with Gasteiger partial charge in [0.2, 0.25) is 0 Å². The van der Waals surface area contributed by atoms with Crippen molar-refractivity contribution in [3.05, 3.63) is 95.6 Å². The standard InChI is InChI=1S/C21H19NO/c1-16-8-10-18(11-9-16)21(17-6-4-3-5-7-17)22-19-12-14-20(23-2)15-13-19/h3-15H,1-2H3. The van der Waals surface area contributed by atoms with Crippen LogP contribution in [-0.4, -0.2) is 12.8 Å². The molecule has 0 amide bonds. The number of aliphatic imine (C=N–C) groups is 1. The lowest BCUT2D eigenvalue weighted by Gasteiger charge is -2.08. The highest BCUT2D eigenvalue weighted by Crippen LogP contribution is 2.21. The third kappa shape index (κ3) is 3.67. The first-order chi connectivity index (χ1) is 11.3. The molecule has 2 nitrogen and oxygen atoms in total. The summed E-state index contributed by atoms with van der Waals surface area (Å²) in [6.45, 7) is 2.09. The lowest BCUT2D eigenvalue weighted by molar-refractivity contribution is 0.415. The number of benzene rings is 3. The Morgan fingerprint density at radius 2 is 1.35 bits per heavy atom. The Hall–Kier alpha value is -2.87. The van der Waals surface area contributed by atoms with Crippen LogP contribution in [0.3, 0.4) is 0 Å². The van der Waals surface area contributed by atoms with E-state index < -0.39 is 0 Å². The van der Waals surface area contributed by atoms with Gasteiger partial charge in [-0.25, -0.2) is 4.99 Å². The minimum absolute atomic E-state index is 0.834. The molecule has 3 aromatic carbocycles. The molecule has 0 aliphatic heterocycles. The summed E-state index contributed by atoms with van der Waals surface area (Å²) in [5, 5.41) is 0. The monoisotopic (exact) mass is 301 g/mol. The molecule has 0 aromatic heterocycles. The van der Waals surface area contributed by atoms with Crippen LogP contribution < -0.4 is 4.74 Å². The summed E-state index contributed by atoms with van der Waals surface area (Å²) in [5.74, 6) is 0.834. The van der Waals surface area contributed by atoms with E-state index in [0.717, 1.165) is 28.3 Å². The minimum Gasteiger partial charge on any atom is -0.497 e. The maximum absolute atomic E-state index is 5.21. The summed E-state index contributed by atoms with van der Waals surface area (Å²) in [6, 6.07) is 26.5. The predicted octanol–water partition coefficient (Wildman–Crippen LogP) is 5.17. The Balaban J connectivity index is 2.07. The van der Waals surface area contributed by atoms with E-state index in [1.807, 2.05) is 42.5 Å². The van der Waals surface area contributed by atoms with E-state index >= 15 is 0 Å². The van der Waals surface area contributed by atoms with Gasteiger partial charge in [0.1, 0.15) is 5.75 Å². The Morgan fingerprint density at radius 1 is 0.739 bits per heavy atom. The van der Waals surface area contributed by atoms with Crippen molar-refractivity contribution in [2.24, 2.45) is 4.99 Å². The second-order valence-electron chi connectivity index (χ2n) is 5.39. The molecule has 2 heteroatoms. The SMILES string of the molecule is COc1ccc(N=C(c2ccccc2)c2ccc(C)cc2)cc1. The summed E-state index contributed by atoms with van der Waals surface area (Å²) in [4.78, 5) is 4.87. The zero-order valence-electron chi connectivity index (χ0n) is 13.4. The number of hydrogen-bond donors (Lipinski definition) is 0. The fourth-order valence-corrected chi connectivity index (χ4v) is 2.39. The van der Waals surface area contributed by atoms with Crippen LogP contribution in [0.5, 0.6) is 5.75 Å². The van der Waals surface area contributed by atoms with Crippen LogP contribution in [-0.2, 0) is 0 Å². The van der Waals surface area contributed by atoms with E-state index in [-0.39, 0.29) is 0 Å². The summed E-state index contributed by atoms with van der Waals surface area (Å²) < 4.78 is 5.21. The van der Waals surface area contributed by atoms with E-state index in [1.54, 1.807) is 7.11 Å². The Bertz CT molecular complexity index is 788. The maximum Gasteiger partial charge on any atom is 0.119 e. The molecule has 0 fully saturated rings. The summed E-state index contributed by atoms with van der Waals surface area (Å²) >= 11 is 0. The van der Waals surface area contributed by atoms with Crippen molar-refractivity contribution in [3.63, 3.8) is 0 Å². The number of rotatable bonds is 4. The first-order valence-electron chi connectivity index (χ1n) is 7.61. The molecule has 0 N–H and O–H groups in total. The van der Waals surface area contributed by atoms with E-state index in [2.05, 4.69) is 43.3 Å². The van der Waals surface area contributed by atoms with Crippen molar-refractivity contribution in [2.75, 3.05) is 7.11 Å². The van der Waals surface area contributed by atoms with Crippen molar-refractivity contribution in [1.82, 2.24) is 0 Å². The predicted molar refractivity (Wildman–Crippen MR) is 95.9 cm³/mol. The number of ether oxygens (including phenoxy) is 1. The van der Waals surface area contributed by atoms with Gasteiger partial charge in [-0.1, -0.05) is 60.2 Å². The Kier molecular flexibility index (Phi) is 4.53. The molecule has 0 aliphatic carbocycles. The van der Waals surface area contributed by atoms with Gasteiger partial charge in [0.05, 0.1) is 18.5 Å². The van der Waals surface area contributed by atoms with E-state index in [1.165, 1.54) is 5.56 Å². The van der Waals surface area contributed by atoms with Gasteiger partial charge in [0.15, 0.2) is 0 Å². The molecular weight excluding hydrogens is 282 g/mol. The average molecular weight is 301 g/mol. The maximum atomic E-state index is 5.21. The number of hydrogen-bond acceptors (Lipinski definition) is 2. The second-order valence-corrected chi connectivity index (χ2v) is 5.39. The van der Waals surface area contributed by atoms with Crippen LogP contribution in [0.4, 0.5) is 5.69 Å². The Labute approximate surface area is 137 Å². The van der Waals surface area contributed by atoms with Gasteiger partial charge in [-0.2, -0.15) is 0 Å². The van der Waals surface area contributed by atoms with Crippen LogP contribution in [0, 0.1) is 6.92 Å². The summed E-state index contributed by atoms with van der Waals surface area (Å²) in [6.07, 6.45) is 0. The largest absolute Gasteiger partial charge is 0.497 e. The third-order valence-corrected chi connectivity index (χ3v) is 3.69. The highest BCUT2D eigenvalue weighted by Gasteiger charge is 2.07. The lowest BCUT2D eigenvalue weighted by atomic mass is 10.0. The average Bonchev–Trinajstić information content (AvgIpc) is 2.62. The van der Waals surface area contributed by atoms with Crippen LogP contribution in [0.2, 0.25) is 0 Å². The van der Waals surface area contributed by atoms with Crippen molar-refractivity contribution >= 4 is 11.4 Å². The van der Waals surface area contributed by atoms with Gasteiger partial charge in [0.25, 0.3) is 0 Å². The van der Waals surface area contributed by atoms with Crippen molar-refractivity contribution < 1.29 is 4.74 Å². The molecule has 3 aromatic rings. The molecule has 23 heavy (non-hydrogen) atoms. The van der Waals surface area contributed by atoms with Crippen LogP contribution in [0.1, 0.15) is 16.7 Å². The van der Waals surface area contributed by atoms with Crippen molar-refractivity contribution in [2.45, 2.75) is 6.92 Å². The first-order valence-corrected chi connectivity index (χ1v) is 7.61. The van der Waals surface area contributed by atoms with E-state index in [0.29, 0.717) is 0 Å². The second kappa shape index (κ2) is 6.93. The molecule has 0 saturated heterocycles. The number of aryl methyl sites for hydroxylation is 1. The van der Waals surface area contributed by atoms with Gasteiger partial charge in [-0.3, -0.25) is 0 Å². The molecule has 0 heterocycles. The molecule has 0 radical (unpaired) electrons. The smallest absolute Gasteiger partial charge is 0.119 e. The molecule has 0 bridgehead atoms. The zero-order valence-corrected chi connectivity index (χ0v) is 13.4. The van der Waals surface area contributed by atoms with E-state index in [4.69, 9.17) is 9.73 Å². The first kappa shape index (κ1) is 15.0.